The van der Waals surface area contributed by atoms with Crippen molar-refractivity contribution in [1.29, 1.82) is 0 Å². The lowest BCUT2D eigenvalue weighted by molar-refractivity contribution is 0.512. The summed E-state index contributed by atoms with van der Waals surface area (Å²) >= 11 is 0. The number of rotatable bonds is 8. The Morgan fingerprint density at radius 2 is 1.82 bits per heavy atom. The van der Waals surface area contributed by atoms with Gasteiger partial charge >= 0.3 is 0 Å². The Hall–Kier alpha value is -1.19. The molecule has 96 valence electrons. The Bertz CT molecular complexity index is 376. The number of unbranched alkanes of at least 4 members (excludes halogenated alkanes) is 6. The first-order valence-electron chi connectivity index (χ1n) is 6.45. The summed E-state index contributed by atoms with van der Waals surface area (Å²) in [5.74, 6) is -0.768. The highest BCUT2D eigenvalue weighted by atomic mass is 19.1. The van der Waals surface area contributed by atoms with E-state index in [0.29, 0.717) is 6.54 Å². The summed E-state index contributed by atoms with van der Waals surface area (Å²) in [4.78, 5) is 15.0. The van der Waals surface area contributed by atoms with Crippen molar-refractivity contribution in [3.8, 4) is 0 Å². The molecule has 0 spiro atoms. The molecule has 0 aromatic carbocycles. The molecule has 3 nitrogen and oxygen atoms in total. The van der Waals surface area contributed by atoms with Gasteiger partial charge in [-0.2, -0.15) is 4.39 Å². The third kappa shape index (κ3) is 5.11. The molecular weight excluding hydrogens is 219 g/mol. The van der Waals surface area contributed by atoms with Crippen LogP contribution in [0.25, 0.3) is 0 Å². The number of nitrogens with zero attached hydrogens (tertiary/aromatic N) is 2. The summed E-state index contributed by atoms with van der Waals surface area (Å²) in [5.41, 5.74) is -0.564. The van der Waals surface area contributed by atoms with Crippen molar-refractivity contribution in [2.45, 2.75) is 58.4 Å². The van der Waals surface area contributed by atoms with E-state index in [1.165, 1.54) is 43.0 Å². The van der Waals surface area contributed by atoms with Crippen molar-refractivity contribution < 1.29 is 4.39 Å². The molecule has 1 aromatic rings. The predicted molar refractivity (Wildman–Crippen MR) is 66.4 cm³/mol. The molecule has 1 heterocycles. The summed E-state index contributed by atoms with van der Waals surface area (Å²) < 4.78 is 14.2. The topological polar surface area (TPSA) is 34.9 Å². The highest BCUT2D eigenvalue weighted by molar-refractivity contribution is 4.86. The molecule has 4 heteroatoms. The van der Waals surface area contributed by atoms with Gasteiger partial charge in [0.25, 0.3) is 5.56 Å². The van der Waals surface area contributed by atoms with Gasteiger partial charge in [0.1, 0.15) is 0 Å². The second-order valence-electron chi connectivity index (χ2n) is 4.36. The van der Waals surface area contributed by atoms with Gasteiger partial charge < -0.3 is 0 Å². The van der Waals surface area contributed by atoms with Crippen molar-refractivity contribution in [3.63, 3.8) is 0 Å². The molecule has 1 aromatic heterocycles. The third-order valence-electron chi connectivity index (χ3n) is 2.86. The minimum absolute atomic E-state index is 0.564. The summed E-state index contributed by atoms with van der Waals surface area (Å²) in [7, 11) is 0. The van der Waals surface area contributed by atoms with Crippen LogP contribution in [0.1, 0.15) is 51.9 Å². The maximum absolute atomic E-state index is 12.9. The van der Waals surface area contributed by atoms with E-state index in [1.807, 2.05) is 0 Å². The highest BCUT2D eigenvalue weighted by Gasteiger charge is 2.01. The predicted octanol–water partition coefficient (Wildman–Crippen LogP) is 3.13. The van der Waals surface area contributed by atoms with Gasteiger partial charge in [-0.3, -0.25) is 9.36 Å². The molecule has 0 aliphatic carbocycles. The number of aryl methyl sites for hydroxylation is 1. The van der Waals surface area contributed by atoms with Crippen LogP contribution in [0.5, 0.6) is 0 Å². The summed E-state index contributed by atoms with van der Waals surface area (Å²) in [6.07, 6.45) is 10.7. The standard InChI is InChI=1S/C13H21FN2O/c1-2-3-4-5-6-7-8-9-16-11-15-10-12(14)13(16)17/h10-11H,2-9H2,1H3. The molecule has 0 saturated heterocycles. The molecule has 0 aliphatic heterocycles. The highest BCUT2D eigenvalue weighted by Crippen LogP contribution is 2.07. The van der Waals surface area contributed by atoms with Crippen molar-refractivity contribution in [1.82, 2.24) is 9.55 Å². The SMILES string of the molecule is CCCCCCCCCn1cncc(F)c1=O. The zero-order valence-electron chi connectivity index (χ0n) is 10.5. The Labute approximate surface area is 102 Å². The van der Waals surface area contributed by atoms with Gasteiger partial charge in [-0.1, -0.05) is 45.4 Å². The average Bonchev–Trinajstić information content (AvgIpc) is 2.33. The van der Waals surface area contributed by atoms with Crippen LogP contribution in [0.3, 0.4) is 0 Å². The molecule has 1 rings (SSSR count). The Morgan fingerprint density at radius 3 is 2.53 bits per heavy atom. The normalized spacial score (nSPS) is 10.7. The molecular formula is C13H21FN2O. The fourth-order valence-corrected chi connectivity index (χ4v) is 1.82. The largest absolute Gasteiger partial charge is 0.297 e. The number of aromatic nitrogens is 2. The van der Waals surface area contributed by atoms with Crippen LogP contribution in [0, 0.1) is 5.82 Å². The lowest BCUT2D eigenvalue weighted by Crippen LogP contribution is -2.23. The van der Waals surface area contributed by atoms with Crippen molar-refractivity contribution in [2.75, 3.05) is 0 Å². The lowest BCUT2D eigenvalue weighted by Gasteiger charge is -2.04. The van der Waals surface area contributed by atoms with Crippen LogP contribution in [0.4, 0.5) is 4.39 Å². The van der Waals surface area contributed by atoms with Gasteiger partial charge in [-0.15, -0.1) is 0 Å². The van der Waals surface area contributed by atoms with E-state index in [9.17, 15) is 9.18 Å². The van der Waals surface area contributed by atoms with E-state index in [-0.39, 0.29) is 0 Å². The molecule has 0 fully saturated rings. The fraction of sp³-hybridized carbons (Fsp3) is 0.692. The Balaban J connectivity index is 2.18. The quantitative estimate of drug-likeness (QED) is 0.654. The Morgan fingerprint density at radius 1 is 1.18 bits per heavy atom. The molecule has 17 heavy (non-hydrogen) atoms. The van der Waals surface area contributed by atoms with E-state index in [0.717, 1.165) is 19.0 Å². The van der Waals surface area contributed by atoms with Crippen molar-refractivity contribution in [3.05, 3.63) is 28.7 Å². The average molecular weight is 240 g/mol. The molecule has 0 atom stereocenters. The van der Waals surface area contributed by atoms with Crippen molar-refractivity contribution >= 4 is 0 Å². The van der Waals surface area contributed by atoms with Gasteiger partial charge in [-0.25, -0.2) is 4.98 Å². The van der Waals surface area contributed by atoms with E-state index >= 15 is 0 Å². The lowest BCUT2D eigenvalue weighted by atomic mass is 10.1. The maximum Gasteiger partial charge on any atom is 0.289 e. The number of hydrogen-bond acceptors (Lipinski definition) is 2. The number of halogens is 1. The smallest absolute Gasteiger partial charge is 0.289 e. The zero-order chi connectivity index (χ0) is 12.5. The number of hydrogen-bond donors (Lipinski definition) is 0. The van der Waals surface area contributed by atoms with Gasteiger partial charge in [-0.05, 0) is 6.42 Å². The minimum Gasteiger partial charge on any atom is -0.297 e. The van der Waals surface area contributed by atoms with Crippen LogP contribution < -0.4 is 5.56 Å². The second kappa shape index (κ2) is 7.98. The summed E-state index contributed by atoms with van der Waals surface area (Å²) in [6, 6.07) is 0. The van der Waals surface area contributed by atoms with E-state index in [4.69, 9.17) is 0 Å². The summed E-state index contributed by atoms with van der Waals surface area (Å²) in [6.45, 7) is 2.76. The zero-order valence-corrected chi connectivity index (χ0v) is 10.5. The van der Waals surface area contributed by atoms with Crippen LogP contribution >= 0.6 is 0 Å². The van der Waals surface area contributed by atoms with Crippen LogP contribution in [-0.4, -0.2) is 9.55 Å². The molecule has 0 N–H and O–H groups in total. The molecule has 0 radical (unpaired) electrons. The first-order chi connectivity index (χ1) is 8.25. The molecule has 0 aliphatic rings. The maximum atomic E-state index is 12.9. The second-order valence-corrected chi connectivity index (χ2v) is 4.36. The van der Waals surface area contributed by atoms with Gasteiger partial charge in [0, 0.05) is 6.54 Å². The van der Waals surface area contributed by atoms with E-state index in [2.05, 4.69) is 11.9 Å². The molecule has 0 bridgehead atoms. The van der Waals surface area contributed by atoms with Crippen LogP contribution in [0.15, 0.2) is 17.3 Å². The first-order valence-corrected chi connectivity index (χ1v) is 6.45. The van der Waals surface area contributed by atoms with Gasteiger partial charge in [0.05, 0.1) is 12.5 Å². The molecule has 0 saturated carbocycles. The molecule has 0 amide bonds. The van der Waals surface area contributed by atoms with E-state index in [1.54, 1.807) is 0 Å². The van der Waals surface area contributed by atoms with Crippen molar-refractivity contribution in [2.24, 2.45) is 0 Å². The Kier molecular flexibility index (Phi) is 6.51. The van der Waals surface area contributed by atoms with Crippen LogP contribution in [-0.2, 0) is 6.54 Å². The fourth-order valence-electron chi connectivity index (χ4n) is 1.82. The van der Waals surface area contributed by atoms with Crippen LogP contribution in [0.2, 0.25) is 0 Å². The monoisotopic (exact) mass is 240 g/mol. The first kappa shape index (κ1) is 13.9. The third-order valence-corrected chi connectivity index (χ3v) is 2.86. The van der Waals surface area contributed by atoms with Gasteiger partial charge in [0.2, 0.25) is 5.82 Å². The van der Waals surface area contributed by atoms with Gasteiger partial charge in [0.15, 0.2) is 0 Å². The molecule has 0 unspecified atom stereocenters. The summed E-state index contributed by atoms with van der Waals surface area (Å²) in [5, 5.41) is 0. The minimum atomic E-state index is -0.768. The van der Waals surface area contributed by atoms with E-state index < -0.39 is 11.4 Å².